The highest BCUT2D eigenvalue weighted by molar-refractivity contribution is 6.00. The van der Waals surface area contributed by atoms with Gasteiger partial charge in [0.05, 0.1) is 24.5 Å². The van der Waals surface area contributed by atoms with Gasteiger partial charge in [-0.25, -0.2) is 23.5 Å². The number of fused-ring (bicyclic) bond motifs is 2. The normalized spacial score (nSPS) is 21.4. The molecule has 3 aromatic heterocycles. The number of urea groups is 1. The molecule has 16 heteroatoms. The molecule has 4 aliphatic rings. The highest BCUT2D eigenvalue weighted by Gasteiger charge is 2.59. The Morgan fingerprint density at radius 1 is 0.968 bits per heavy atom. The number of methoxy groups -OCH3 is 1. The largest absolute Gasteiger partial charge is 0.497 e. The number of hydrogen-bond acceptors (Lipinski definition) is 9. The van der Waals surface area contributed by atoms with Gasteiger partial charge in [-0.05, 0) is 123 Å². The molecule has 3 aromatic carbocycles. The smallest absolute Gasteiger partial charge is 0.438 e. The van der Waals surface area contributed by atoms with Gasteiger partial charge < -0.3 is 23.8 Å². The summed E-state index contributed by atoms with van der Waals surface area (Å²) in [7, 11) is 1.60. The zero-order chi connectivity index (χ0) is 43.9. The van der Waals surface area contributed by atoms with Crippen LogP contribution in [0.4, 0.5) is 15.1 Å². The third-order valence-electron chi connectivity index (χ3n) is 13.7. The number of halogens is 1. The van der Waals surface area contributed by atoms with Crippen molar-refractivity contribution in [2.24, 2.45) is 5.92 Å². The summed E-state index contributed by atoms with van der Waals surface area (Å²) < 4.78 is 34.4. The van der Waals surface area contributed by atoms with E-state index in [0.29, 0.717) is 84.0 Å². The number of H-pyrrole nitrogens is 1. The number of aromatic nitrogens is 5. The summed E-state index contributed by atoms with van der Waals surface area (Å²) in [5, 5.41) is 5.03. The first-order valence-electron chi connectivity index (χ1n) is 21.6. The van der Waals surface area contributed by atoms with E-state index in [1.807, 2.05) is 41.8 Å². The van der Waals surface area contributed by atoms with Gasteiger partial charge in [0.1, 0.15) is 22.8 Å². The van der Waals surface area contributed by atoms with Crippen LogP contribution in [0.15, 0.2) is 74.8 Å². The van der Waals surface area contributed by atoms with Crippen molar-refractivity contribution in [3.8, 4) is 11.4 Å². The summed E-state index contributed by atoms with van der Waals surface area (Å²) in [5.74, 6) is 0.175. The summed E-state index contributed by atoms with van der Waals surface area (Å²) in [6.07, 6.45) is 2.63. The van der Waals surface area contributed by atoms with E-state index < -0.39 is 17.3 Å². The third kappa shape index (κ3) is 6.64. The molecule has 3 amide bonds. The number of aryl methyl sites for hydroxylation is 2. The molecule has 3 atom stereocenters. The molecule has 1 N–H and O–H groups in total. The first-order chi connectivity index (χ1) is 30.4. The molecule has 15 nitrogen and oxygen atoms in total. The number of aromatic amines is 1. The summed E-state index contributed by atoms with van der Waals surface area (Å²) in [6, 6.07) is 17.9. The lowest BCUT2D eigenvalue weighted by molar-refractivity contribution is 0.0658. The van der Waals surface area contributed by atoms with Gasteiger partial charge in [-0.15, -0.1) is 0 Å². The van der Waals surface area contributed by atoms with Crippen molar-refractivity contribution in [3.63, 3.8) is 0 Å². The fourth-order valence-electron chi connectivity index (χ4n) is 10.1. The van der Waals surface area contributed by atoms with E-state index in [0.717, 1.165) is 29.3 Å². The van der Waals surface area contributed by atoms with Gasteiger partial charge in [0.2, 0.25) is 5.95 Å². The number of rotatable bonds is 9. The number of benzene rings is 3. The maximum Gasteiger partial charge on any atom is 0.438 e. The zero-order valence-corrected chi connectivity index (χ0v) is 35.9. The SMILES string of the molecule is COc1ccc(CN2CCN(c3nc4c(c(=O)n3-c3cc(C)c(F)c(C)c3)CCN(C(=O)c3cc5cc(C6CCOCC6)ccc5n3C3(c5noc(=O)[nH]5)CC3C)C4C)C2=O)cc1. The summed E-state index contributed by atoms with van der Waals surface area (Å²) in [4.78, 5) is 69.7. The Labute approximate surface area is 362 Å². The molecule has 2 saturated heterocycles. The summed E-state index contributed by atoms with van der Waals surface area (Å²) in [5.41, 5.74) is 4.02. The minimum Gasteiger partial charge on any atom is -0.497 e. The van der Waals surface area contributed by atoms with Crippen molar-refractivity contribution < 1.29 is 28.0 Å². The van der Waals surface area contributed by atoms with Gasteiger partial charge in [-0.3, -0.25) is 24.0 Å². The van der Waals surface area contributed by atoms with Gasteiger partial charge in [-0.1, -0.05) is 30.3 Å². The first kappa shape index (κ1) is 40.5. The minimum absolute atomic E-state index is 0.0128. The number of ether oxygens (including phenoxy) is 2. The topological polar surface area (TPSA) is 161 Å². The van der Waals surface area contributed by atoms with Crippen molar-refractivity contribution in [3.05, 3.63) is 132 Å². The lowest BCUT2D eigenvalue weighted by atomic mass is 9.91. The first-order valence-corrected chi connectivity index (χ1v) is 21.6. The van der Waals surface area contributed by atoms with E-state index in [2.05, 4.69) is 35.3 Å². The van der Waals surface area contributed by atoms with E-state index in [1.165, 1.54) is 15.0 Å². The van der Waals surface area contributed by atoms with Crippen molar-refractivity contribution in [2.45, 2.75) is 77.4 Å². The Morgan fingerprint density at radius 2 is 1.70 bits per heavy atom. The molecule has 6 heterocycles. The van der Waals surface area contributed by atoms with Crippen molar-refractivity contribution in [2.75, 3.05) is 44.9 Å². The molecule has 326 valence electrons. The monoisotopic (exact) mass is 856 g/mol. The highest BCUT2D eigenvalue weighted by atomic mass is 19.1. The molecule has 0 bridgehead atoms. The fraction of sp³-hybridized carbons (Fsp3) is 0.404. The quantitative estimate of drug-likeness (QED) is 0.171. The van der Waals surface area contributed by atoms with Crippen LogP contribution in [-0.2, 0) is 23.2 Å². The molecule has 3 unspecified atom stereocenters. The molecule has 0 spiro atoms. The number of nitrogens with zero attached hydrogens (tertiary/aromatic N) is 7. The average molecular weight is 857 g/mol. The molecule has 63 heavy (non-hydrogen) atoms. The number of carbonyl (C=O) groups excluding carboxylic acids is 2. The van der Waals surface area contributed by atoms with E-state index in [1.54, 1.807) is 42.9 Å². The number of anilines is 1. The van der Waals surface area contributed by atoms with E-state index >= 15 is 9.18 Å². The van der Waals surface area contributed by atoms with Gasteiger partial charge in [0.15, 0.2) is 5.82 Å². The van der Waals surface area contributed by atoms with Crippen LogP contribution >= 0.6 is 0 Å². The van der Waals surface area contributed by atoms with Crippen LogP contribution < -0.4 is 21.0 Å². The Bertz CT molecular complexity index is 2910. The second kappa shape index (κ2) is 15.4. The number of nitrogens with one attached hydrogen (secondary N) is 1. The Kier molecular flexibility index (Phi) is 9.88. The van der Waals surface area contributed by atoms with Crippen LogP contribution in [0.3, 0.4) is 0 Å². The van der Waals surface area contributed by atoms with Gasteiger partial charge in [0, 0.05) is 55.9 Å². The maximum absolute atomic E-state index is 15.3. The van der Waals surface area contributed by atoms with Crippen LogP contribution in [0.1, 0.15) is 94.9 Å². The van der Waals surface area contributed by atoms with E-state index in [-0.39, 0.29) is 54.7 Å². The Hall–Kier alpha value is -6.55. The highest BCUT2D eigenvalue weighted by Crippen LogP contribution is 2.56. The van der Waals surface area contributed by atoms with Crippen LogP contribution in [-0.4, -0.2) is 86.0 Å². The van der Waals surface area contributed by atoms with Gasteiger partial charge in [0.25, 0.3) is 11.5 Å². The second-order valence-corrected chi connectivity index (χ2v) is 17.5. The predicted molar refractivity (Wildman–Crippen MR) is 231 cm³/mol. The molecule has 10 rings (SSSR count). The Morgan fingerprint density at radius 3 is 2.37 bits per heavy atom. The summed E-state index contributed by atoms with van der Waals surface area (Å²) in [6.45, 7) is 9.74. The van der Waals surface area contributed by atoms with Crippen molar-refractivity contribution in [1.82, 2.24) is 34.1 Å². The minimum atomic E-state index is -0.839. The molecule has 1 saturated carbocycles. The Balaban J connectivity index is 1.06. The van der Waals surface area contributed by atoms with Crippen molar-refractivity contribution in [1.29, 1.82) is 0 Å². The van der Waals surface area contributed by atoms with Crippen LogP contribution in [0.5, 0.6) is 5.75 Å². The lowest BCUT2D eigenvalue weighted by Crippen LogP contribution is -2.45. The molecule has 1 aliphatic carbocycles. The number of amides is 3. The maximum atomic E-state index is 15.3. The molecular formula is C47H49FN8O7. The van der Waals surface area contributed by atoms with E-state index in [4.69, 9.17) is 19.0 Å². The predicted octanol–water partition coefficient (Wildman–Crippen LogP) is 6.51. The molecule has 3 aliphatic heterocycles. The van der Waals surface area contributed by atoms with Crippen LogP contribution in [0, 0.1) is 25.6 Å². The lowest BCUT2D eigenvalue weighted by Gasteiger charge is -2.36. The summed E-state index contributed by atoms with van der Waals surface area (Å²) >= 11 is 0. The third-order valence-corrected chi connectivity index (χ3v) is 13.7. The zero-order valence-electron chi connectivity index (χ0n) is 35.9. The van der Waals surface area contributed by atoms with Crippen molar-refractivity contribution >= 4 is 28.8 Å². The fourth-order valence-corrected chi connectivity index (χ4v) is 10.1. The van der Waals surface area contributed by atoms with Crippen LogP contribution in [0.2, 0.25) is 0 Å². The van der Waals surface area contributed by atoms with Gasteiger partial charge in [-0.2, -0.15) is 0 Å². The van der Waals surface area contributed by atoms with Gasteiger partial charge >= 0.3 is 11.8 Å². The number of hydrogen-bond donors (Lipinski definition) is 1. The second-order valence-electron chi connectivity index (χ2n) is 17.5. The molecular weight excluding hydrogens is 808 g/mol. The van der Waals surface area contributed by atoms with Crippen LogP contribution in [0.25, 0.3) is 16.6 Å². The standard InChI is InChI=1S/C47H49FN8O7/c1-26-20-34(21-27(2)39(26)48)55-41(57)36-12-15-53(29(4)40(36)49-44(55)54-17-16-52(46(54)60)25-30-6-9-35(61-5)10-7-30)42(58)38-23-33-22-32(31-13-18-62-19-14-31)8-11-37(33)56(38)47(24-28(47)3)43-50-45(59)63-51-43/h6-11,20-23,28-29,31H,12-19,24-25H2,1-5H3,(H,50,51,59). The molecule has 6 aromatic rings. The molecule has 3 fully saturated rings. The average Bonchev–Trinajstić information content (AvgIpc) is 3.58. The number of carbonyl (C=O) groups is 2. The molecule has 0 radical (unpaired) electrons. The van der Waals surface area contributed by atoms with E-state index in [9.17, 15) is 14.4 Å².